The molecule has 0 spiro atoms. The number of aromatic nitrogens is 1. The van der Waals surface area contributed by atoms with Crippen LogP contribution in [-0.4, -0.2) is 29.1 Å². The van der Waals surface area contributed by atoms with E-state index in [1.807, 2.05) is 18.3 Å². The number of H-pyrrole nitrogens is 1. The van der Waals surface area contributed by atoms with Crippen LogP contribution in [0, 0.1) is 0 Å². The third kappa shape index (κ3) is 3.70. The van der Waals surface area contributed by atoms with E-state index in [1.165, 1.54) is 0 Å². The number of aromatic amines is 1. The van der Waals surface area contributed by atoms with E-state index >= 15 is 0 Å². The number of carbonyl (C=O) groups is 1. The molecule has 0 aliphatic carbocycles. The van der Waals surface area contributed by atoms with Crippen molar-refractivity contribution in [2.24, 2.45) is 0 Å². The van der Waals surface area contributed by atoms with Gasteiger partial charge in [-0.2, -0.15) is 0 Å². The van der Waals surface area contributed by atoms with Crippen molar-refractivity contribution in [2.45, 2.75) is 32.1 Å². The second kappa shape index (κ2) is 5.70. The minimum absolute atomic E-state index is 0.00585. The van der Waals surface area contributed by atoms with Crippen LogP contribution in [0.1, 0.15) is 32.4 Å². The number of hydrogen-bond acceptors (Lipinski definition) is 2. The molecule has 1 heterocycles. The van der Waals surface area contributed by atoms with E-state index in [2.05, 4.69) is 24.1 Å². The summed E-state index contributed by atoms with van der Waals surface area (Å²) in [6.07, 6.45) is 2.79. The summed E-state index contributed by atoms with van der Waals surface area (Å²) in [4.78, 5) is 14.5. The van der Waals surface area contributed by atoms with Gasteiger partial charge in [0.1, 0.15) is 0 Å². The molecule has 4 heteroatoms. The van der Waals surface area contributed by atoms with E-state index in [1.54, 1.807) is 0 Å². The van der Waals surface area contributed by atoms with Crippen LogP contribution in [0.3, 0.4) is 0 Å². The summed E-state index contributed by atoms with van der Waals surface area (Å²) in [5.74, 6) is -0.00585. The average Bonchev–Trinajstić information content (AvgIpc) is 2.77. The lowest BCUT2D eigenvalue weighted by Gasteiger charge is -2.23. The van der Waals surface area contributed by atoms with E-state index in [4.69, 9.17) is 5.11 Å². The summed E-state index contributed by atoms with van der Waals surface area (Å²) in [5.41, 5.74) is 1.01. The van der Waals surface area contributed by atoms with Crippen LogP contribution in [0.25, 0.3) is 0 Å². The van der Waals surface area contributed by atoms with Crippen molar-refractivity contribution in [3.05, 3.63) is 24.0 Å². The summed E-state index contributed by atoms with van der Waals surface area (Å²) in [5, 5.41) is 11.5. The van der Waals surface area contributed by atoms with Gasteiger partial charge < -0.3 is 15.4 Å². The van der Waals surface area contributed by atoms with Gasteiger partial charge in [-0.05, 0) is 18.6 Å². The molecule has 0 bridgehead atoms. The Morgan fingerprint density at radius 2 is 2.31 bits per heavy atom. The molecular weight excluding hydrogens is 204 g/mol. The summed E-state index contributed by atoms with van der Waals surface area (Å²) >= 11 is 0. The maximum atomic E-state index is 11.4. The largest absolute Gasteiger partial charge is 0.396 e. The predicted octanol–water partition coefficient (Wildman–Crippen LogP) is 1.18. The Kier molecular flexibility index (Phi) is 4.55. The van der Waals surface area contributed by atoms with E-state index in [0.717, 1.165) is 5.69 Å². The van der Waals surface area contributed by atoms with E-state index in [9.17, 15) is 4.79 Å². The Balaban J connectivity index is 2.39. The Hall–Kier alpha value is -1.29. The highest BCUT2D eigenvalue weighted by molar-refractivity contribution is 5.75. The monoisotopic (exact) mass is 224 g/mol. The Bertz CT molecular complexity index is 318. The summed E-state index contributed by atoms with van der Waals surface area (Å²) in [6.45, 7) is 4.81. The minimum atomic E-state index is -0.0988. The number of carbonyl (C=O) groups excluding carboxylic acids is 1. The Morgan fingerprint density at radius 3 is 2.88 bits per heavy atom. The third-order valence-corrected chi connectivity index (χ3v) is 2.62. The fourth-order valence-corrected chi connectivity index (χ4v) is 1.49. The molecular formula is C12H20N2O2. The molecule has 0 radical (unpaired) electrons. The lowest BCUT2D eigenvalue weighted by Crippen LogP contribution is -2.36. The fourth-order valence-electron chi connectivity index (χ4n) is 1.49. The first-order valence-electron chi connectivity index (χ1n) is 5.58. The average molecular weight is 224 g/mol. The summed E-state index contributed by atoms with van der Waals surface area (Å²) in [6, 6.07) is 3.96. The first-order valence-corrected chi connectivity index (χ1v) is 5.58. The zero-order valence-electron chi connectivity index (χ0n) is 9.92. The van der Waals surface area contributed by atoms with Crippen LogP contribution in [-0.2, 0) is 10.2 Å². The van der Waals surface area contributed by atoms with Gasteiger partial charge in [0.15, 0.2) is 0 Å². The number of aliphatic hydroxyl groups is 1. The van der Waals surface area contributed by atoms with Gasteiger partial charge in [0.05, 0.1) is 0 Å². The molecule has 4 nitrogen and oxygen atoms in total. The van der Waals surface area contributed by atoms with Gasteiger partial charge in [-0.3, -0.25) is 4.79 Å². The zero-order valence-corrected chi connectivity index (χ0v) is 9.92. The first-order chi connectivity index (χ1) is 7.56. The first kappa shape index (κ1) is 12.8. The maximum absolute atomic E-state index is 11.4. The van der Waals surface area contributed by atoms with Gasteiger partial charge in [-0.15, -0.1) is 0 Å². The highest BCUT2D eigenvalue weighted by Crippen LogP contribution is 2.19. The van der Waals surface area contributed by atoms with Crippen molar-refractivity contribution in [1.82, 2.24) is 10.3 Å². The molecule has 0 saturated heterocycles. The molecule has 90 valence electrons. The van der Waals surface area contributed by atoms with Crippen LogP contribution in [0.15, 0.2) is 18.3 Å². The molecule has 0 aliphatic heterocycles. The molecule has 3 N–H and O–H groups in total. The maximum Gasteiger partial charge on any atom is 0.220 e. The number of nitrogens with one attached hydrogen (secondary N) is 2. The second-order valence-electron chi connectivity index (χ2n) is 4.57. The van der Waals surface area contributed by atoms with Crippen LogP contribution < -0.4 is 5.32 Å². The Labute approximate surface area is 96.1 Å². The van der Waals surface area contributed by atoms with Crippen LogP contribution in [0.2, 0.25) is 0 Å². The molecule has 0 aromatic carbocycles. The number of aliphatic hydroxyl groups excluding tert-OH is 1. The van der Waals surface area contributed by atoms with Crippen molar-refractivity contribution >= 4 is 5.91 Å². The molecule has 0 atom stereocenters. The predicted molar refractivity (Wildman–Crippen MR) is 63.1 cm³/mol. The quantitative estimate of drug-likeness (QED) is 0.679. The lowest BCUT2D eigenvalue weighted by atomic mass is 9.89. The van der Waals surface area contributed by atoms with Gasteiger partial charge in [0.2, 0.25) is 5.91 Å². The number of amides is 1. The van der Waals surface area contributed by atoms with Crippen molar-refractivity contribution < 1.29 is 9.90 Å². The fraction of sp³-hybridized carbons (Fsp3) is 0.583. The third-order valence-electron chi connectivity index (χ3n) is 2.62. The molecule has 0 aliphatic rings. The molecule has 1 aromatic rings. The minimum Gasteiger partial charge on any atom is -0.396 e. The number of hydrogen-bond donors (Lipinski definition) is 3. The highest BCUT2D eigenvalue weighted by atomic mass is 16.3. The topological polar surface area (TPSA) is 65.1 Å². The van der Waals surface area contributed by atoms with Gasteiger partial charge in [0, 0.05) is 36.9 Å². The SMILES string of the molecule is CC(C)(CNC(=O)CCCO)c1ccc[nH]1. The van der Waals surface area contributed by atoms with Gasteiger partial charge in [0.25, 0.3) is 0 Å². The molecule has 0 fully saturated rings. The molecule has 0 unspecified atom stereocenters. The van der Waals surface area contributed by atoms with Crippen molar-refractivity contribution in [3.63, 3.8) is 0 Å². The smallest absolute Gasteiger partial charge is 0.220 e. The van der Waals surface area contributed by atoms with Crippen molar-refractivity contribution in [3.8, 4) is 0 Å². The second-order valence-corrected chi connectivity index (χ2v) is 4.57. The molecule has 1 rings (SSSR count). The van der Waals surface area contributed by atoms with Crippen molar-refractivity contribution in [2.75, 3.05) is 13.2 Å². The molecule has 16 heavy (non-hydrogen) atoms. The van der Waals surface area contributed by atoms with E-state index in [-0.39, 0.29) is 17.9 Å². The summed E-state index contributed by atoms with van der Waals surface area (Å²) < 4.78 is 0. The van der Waals surface area contributed by atoms with Gasteiger partial charge in [-0.1, -0.05) is 13.8 Å². The van der Waals surface area contributed by atoms with E-state index in [0.29, 0.717) is 19.4 Å². The number of rotatable bonds is 6. The molecule has 0 saturated carbocycles. The van der Waals surface area contributed by atoms with Crippen molar-refractivity contribution in [1.29, 1.82) is 0 Å². The lowest BCUT2D eigenvalue weighted by molar-refractivity contribution is -0.121. The van der Waals surface area contributed by atoms with E-state index < -0.39 is 0 Å². The zero-order chi connectivity index (χ0) is 12.0. The highest BCUT2D eigenvalue weighted by Gasteiger charge is 2.21. The van der Waals surface area contributed by atoms with Crippen LogP contribution in [0.4, 0.5) is 0 Å². The normalized spacial score (nSPS) is 11.4. The van der Waals surface area contributed by atoms with Gasteiger partial charge in [-0.25, -0.2) is 0 Å². The van der Waals surface area contributed by atoms with Crippen LogP contribution >= 0.6 is 0 Å². The van der Waals surface area contributed by atoms with Crippen LogP contribution in [0.5, 0.6) is 0 Å². The Morgan fingerprint density at radius 1 is 1.56 bits per heavy atom. The molecule has 1 amide bonds. The standard InChI is InChI=1S/C12H20N2O2/c1-12(2,10-5-3-7-13-10)9-14-11(16)6-4-8-15/h3,5,7,13,15H,4,6,8-9H2,1-2H3,(H,14,16). The van der Waals surface area contributed by atoms with Gasteiger partial charge >= 0.3 is 0 Å². The molecule has 1 aromatic heterocycles. The summed E-state index contributed by atoms with van der Waals surface area (Å²) in [7, 11) is 0.